The molecule has 0 aliphatic rings. The van der Waals surface area contributed by atoms with Gasteiger partial charge >= 0.3 is 0 Å². The Morgan fingerprint density at radius 3 is 2.80 bits per heavy atom. The number of rotatable bonds is 8. The predicted octanol–water partition coefficient (Wildman–Crippen LogP) is 3.32. The molecule has 0 atom stereocenters. The minimum absolute atomic E-state index is 0.597. The van der Waals surface area contributed by atoms with Gasteiger partial charge in [0.05, 0.1) is 24.4 Å². The summed E-state index contributed by atoms with van der Waals surface area (Å²) in [6, 6.07) is 6.27. The maximum Gasteiger partial charge on any atom is 0.191 e. The lowest BCUT2D eigenvalue weighted by Gasteiger charge is -2.13. The Morgan fingerprint density at radius 1 is 1.28 bits per heavy atom. The van der Waals surface area contributed by atoms with Crippen molar-refractivity contribution < 1.29 is 4.74 Å². The second kappa shape index (κ2) is 10.0. The van der Waals surface area contributed by atoms with Gasteiger partial charge in [0.25, 0.3) is 0 Å². The zero-order valence-corrected chi connectivity index (χ0v) is 16.4. The van der Waals surface area contributed by atoms with Crippen molar-refractivity contribution in [3.8, 4) is 5.75 Å². The molecule has 0 spiro atoms. The molecule has 0 amide bonds. The van der Waals surface area contributed by atoms with Crippen molar-refractivity contribution in [2.45, 2.75) is 40.2 Å². The minimum atomic E-state index is 0.597. The third kappa shape index (κ3) is 6.05. The Hall–Kier alpha value is -2.08. The van der Waals surface area contributed by atoms with Crippen LogP contribution in [0.2, 0.25) is 0 Å². The van der Waals surface area contributed by atoms with Gasteiger partial charge in [-0.15, -0.1) is 11.3 Å². The molecule has 0 unspecified atom stereocenters. The first-order valence-corrected chi connectivity index (χ1v) is 9.63. The first-order chi connectivity index (χ1) is 12.2. The molecule has 1 aromatic heterocycles. The van der Waals surface area contributed by atoms with Gasteiger partial charge in [-0.1, -0.05) is 24.6 Å². The molecule has 5 nitrogen and oxygen atoms in total. The molecule has 0 bridgehead atoms. The van der Waals surface area contributed by atoms with E-state index in [0.717, 1.165) is 48.3 Å². The molecule has 0 radical (unpaired) electrons. The van der Waals surface area contributed by atoms with Crippen LogP contribution in [0.4, 0.5) is 0 Å². The molecule has 1 aromatic carbocycles. The number of aromatic nitrogens is 1. The Kier molecular flexibility index (Phi) is 7.73. The molecule has 0 aliphatic heterocycles. The van der Waals surface area contributed by atoms with Gasteiger partial charge < -0.3 is 15.4 Å². The highest BCUT2D eigenvalue weighted by Crippen LogP contribution is 2.19. The number of nitrogens with one attached hydrogen (secondary N) is 2. The van der Waals surface area contributed by atoms with Gasteiger partial charge in [0.15, 0.2) is 5.96 Å². The van der Waals surface area contributed by atoms with E-state index in [4.69, 9.17) is 4.74 Å². The summed E-state index contributed by atoms with van der Waals surface area (Å²) in [6.45, 7) is 8.51. The zero-order valence-electron chi connectivity index (χ0n) is 15.6. The lowest BCUT2D eigenvalue weighted by atomic mass is 10.1. The van der Waals surface area contributed by atoms with Gasteiger partial charge in [-0.05, 0) is 38.3 Å². The van der Waals surface area contributed by atoms with Crippen LogP contribution in [0.25, 0.3) is 0 Å². The van der Waals surface area contributed by atoms with Crippen LogP contribution >= 0.6 is 11.3 Å². The molecule has 0 aliphatic carbocycles. The van der Waals surface area contributed by atoms with E-state index in [-0.39, 0.29) is 0 Å². The molecule has 1 heterocycles. The summed E-state index contributed by atoms with van der Waals surface area (Å²) in [7, 11) is 1.71. The van der Waals surface area contributed by atoms with Gasteiger partial charge in [-0.2, -0.15) is 0 Å². The third-order valence-electron chi connectivity index (χ3n) is 3.77. The summed E-state index contributed by atoms with van der Waals surface area (Å²) in [6.07, 6.45) is 1.86. The van der Waals surface area contributed by atoms with E-state index in [1.807, 2.05) is 6.07 Å². The number of aliphatic imine (C=N–C) groups is 1. The number of aryl methyl sites for hydroxylation is 2. The van der Waals surface area contributed by atoms with E-state index in [1.165, 1.54) is 11.1 Å². The van der Waals surface area contributed by atoms with Gasteiger partial charge in [-0.25, -0.2) is 9.98 Å². The molecule has 2 N–H and O–H groups in total. The monoisotopic (exact) mass is 360 g/mol. The summed E-state index contributed by atoms with van der Waals surface area (Å²) in [4.78, 5) is 9.19. The first kappa shape index (κ1) is 19.2. The Labute approximate surface area is 154 Å². The second-order valence-electron chi connectivity index (χ2n) is 5.77. The molecule has 25 heavy (non-hydrogen) atoms. The highest BCUT2D eigenvalue weighted by atomic mass is 32.1. The van der Waals surface area contributed by atoms with E-state index in [9.17, 15) is 0 Å². The van der Waals surface area contributed by atoms with E-state index >= 15 is 0 Å². The molecule has 0 saturated heterocycles. The van der Waals surface area contributed by atoms with Gasteiger partial charge in [0.2, 0.25) is 0 Å². The van der Waals surface area contributed by atoms with Crippen LogP contribution in [-0.2, 0) is 19.4 Å². The van der Waals surface area contributed by atoms with E-state index in [0.29, 0.717) is 6.54 Å². The van der Waals surface area contributed by atoms with Crippen molar-refractivity contribution in [3.63, 3.8) is 0 Å². The predicted molar refractivity (Wildman–Crippen MR) is 106 cm³/mol. The third-order valence-corrected chi connectivity index (χ3v) is 4.81. The van der Waals surface area contributed by atoms with Crippen LogP contribution in [0.5, 0.6) is 5.75 Å². The van der Waals surface area contributed by atoms with Crippen molar-refractivity contribution in [1.29, 1.82) is 0 Å². The number of hydrogen-bond acceptors (Lipinski definition) is 4. The summed E-state index contributed by atoms with van der Waals surface area (Å²) in [5, 5.41) is 9.92. The number of benzene rings is 1. The molecule has 136 valence electrons. The molecular formula is C19H28N4OS. The zero-order chi connectivity index (χ0) is 18.1. The smallest absolute Gasteiger partial charge is 0.191 e. The van der Waals surface area contributed by atoms with Gasteiger partial charge in [-0.3, -0.25) is 0 Å². The van der Waals surface area contributed by atoms with Gasteiger partial charge in [0, 0.05) is 18.5 Å². The number of thiazole rings is 1. The summed E-state index contributed by atoms with van der Waals surface area (Å²) >= 11 is 1.70. The molecule has 6 heteroatoms. The van der Waals surface area contributed by atoms with E-state index in [2.05, 4.69) is 58.9 Å². The minimum Gasteiger partial charge on any atom is -0.496 e. The lowest BCUT2D eigenvalue weighted by Crippen LogP contribution is -2.38. The molecule has 2 rings (SSSR count). The summed E-state index contributed by atoms with van der Waals surface area (Å²) in [5.41, 5.74) is 3.48. The summed E-state index contributed by atoms with van der Waals surface area (Å²) in [5.74, 6) is 1.75. The molecule has 0 fully saturated rings. The number of ether oxygens (including phenoxy) is 1. The number of hydrogen-bond donors (Lipinski definition) is 2. The Bertz CT molecular complexity index is 696. The summed E-state index contributed by atoms with van der Waals surface area (Å²) < 4.78 is 5.44. The van der Waals surface area contributed by atoms with Crippen LogP contribution in [-0.4, -0.2) is 31.1 Å². The van der Waals surface area contributed by atoms with Crippen LogP contribution in [0, 0.1) is 6.92 Å². The van der Waals surface area contributed by atoms with Crippen molar-refractivity contribution in [1.82, 2.24) is 15.6 Å². The quantitative estimate of drug-likeness (QED) is 0.560. The fraction of sp³-hybridized carbons (Fsp3) is 0.474. The van der Waals surface area contributed by atoms with E-state index < -0.39 is 0 Å². The fourth-order valence-corrected chi connectivity index (χ4v) is 3.24. The number of nitrogens with zero attached hydrogens (tertiary/aromatic N) is 2. The SMILES string of the molecule is CCNC(=NCc1csc(CC)n1)NCCc1cc(C)ccc1OC. The van der Waals surface area contributed by atoms with Crippen LogP contribution < -0.4 is 15.4 Å². The number of methoxy groups -OCH3 is 1. The maximum atomic E-state index is 5.44. The highest BCUT2D eigenvalue weighted by molar-refractivity contribution is 7.09. The first-order valence-electron chi connectivity index (χ1n) is 8.75. The molecule has 2 aromatic rings. The van der Waals surface area contributed by atoms with Crippen molar-refractivity contribution in [2.75, 3.05) is 20.2 Å². The molecule has 0 saturated carbocycles. The van der Waals surface area contributed by atoms with E-state index in [1.54, 1.807) is 18.4 Å². The number of guanidine groups is 1. The average molecular weight is 361 g/mol. The average Bonchev–Trinajstić information content (AvgIpc) is 3.08. The largest absolute Gasteiger partial charge is 0.496 e. The standard InChI is InChI=1S/C19H28N4OS/c1-5-18-23-16(13-25-18)12-22-19(20-6-2)21-10-9-15-11-14(3)7-8-17(15)24-4/h7-8,11,13H,5-6,9-10,12H2,1-4H3,(H2,20,21,22). The van der Waals surface area contributed by atoms with Crippen molar-refractivity contribution >= 4 is 17.3 Å². The maximum absolute atomic E-state index is 5.44. The Balaban J connectivity index is 1.92. The topological polar surface area (TPSA) is 58.5 Å². The lowest BCUT2D eigenvalue weighted by molar-refractivity contribution is 0.409. The fourth-order valence-electron chi connectivity index (χ4n) is 2.50. The van der Waals surface area contributed by atoms with Crippen LogP contribution in [0.3, 0.4) is 0 Å². The second-order valence-corrected chi connectivity index (χ2v) is 6.72. The van der Waals surface area contributed by atoms with Gasteiger partial charge in [0.1, 0.15) is 5.75 Å². The highest BCUT2D eigenvalue weighted by Gasteiger charge is 2.05. The normalized spacial score (nSPS) is 11.4. The van der Waals surface area contributed by atoms with Crippen molar-refractivity contribution in [2.24, 2.45) is 4.99 Å². The Morgan fingerprint density at radius 2 is 2.12 bits per heavy atom. The van der Waals surface area contributed by atoms with Crippen LogP contribution in [0.15, 0.2) is 28.6 Å². The van der Waals surface area contributed by atoms with Crippen molar-refractivity contribution in [3.05, 3.63) is 45.4 Å². The molecular weight excluding hydrogens is 332 g/mol. The van der Waals surface area contributed by atoms with Crippen LogP contribution in [0.1, 0.15) is 35.7 Å².